The molecule has 0 aliphatic rings. The van der Waals surface area contributed by atoms with E-state index in [0.717, 1.165) is 0 Å². The lowest BCUT2D eigenvalue weighted by Crippen LogP contribution is -2.23. The van der Waals surface area contributed by atoms with Gasteiger partial charge in [0, 0.05) is 6.54 Å². The standard InChI is InChI=1S/C8H13F3N4O/c1-2-5(4-16)15-7(8(9,10)11)6(3-12)13-14-15/h5,16H,2-4,12H2,1H3. The zero-order chi connectivity index (χ0) is 12.3. The van der Waals surface area contributed by atoms with E-state index in [1.54, 1.807) is 6.92 Å². The summed E-state index contributed by atoms with van der Waals surface area (Å²) in [4.78, 5) is 0. The molecule has 0 aliphatic carbocycles. The fourth-order valence-electron chi connectivity index (χ4n) is 1.39. The van der Waals surface area contributed by atoms with E-state index in [1.165, 1.54) is 0 Å². The largest absolute Gasteiger partial charge is 0.434 e. The lowest BCUT2D eigenvalue weighted by Gasteiger charge is -2.16. The maximum atomic E-state index is 12.7. The van der Waals surface area contributed by atoms with Gasteiger partial charge < -0.3 is 10.8 Å². The summed E-state index contributed by atoms with van der Waals surface area (Å²) in [5.41, 5.74) is 3.88. The maximum absolute atomic E-state index is 12.7. The Kier molecular flexibility index (Phi) is 3.87. The highest BCUT2D eigenvalue weighted by Gasteiger charge is 2.40. The first-order chi connectivity index (χ1) is 7.45. The number of aliphatic hydroxyl groups excluding tert-OH is 1. The number of hydrogen-bond donors (Lipinski definition) is 2. The topological polar surface area (TPSA) is 77.0 Å². The zero-order valence-corrected chi connectivity index (χ0v) is 8.70. The first kappa shape index (κ1) is 12.9. The normalized spacial score (nSPS) is 14.1. The Hall–Kier alpha value is -1.15. The predicted octanol–water partition coefficient (Wildman–Crippen LogP) is 0.699. The quantitative estimate of drug-likeness (QED) is 0.809. The van der Waals surface area contributed by atoms with Crippen LogP contribution in [-0.4, -0.2) is 26.7 Å². The molecule has 0 aliphatic heterocycles. The van der Waals surface area contributed by atoms with Gasteiger partial charge in [-0.1, -0.05) is 12.1 Å². The van der Waals surface area contributed by atoms with Gasteiger partial charge in [0.25, 0.3) is 0 Å². The van der Waals surface area contributed by atoms with Gasteiger partial charge in [0.1, 0.15) is 5.69 Å². The molecule has 1 aromatic heterocycles. The third-order valence-electron chi connectivity index (χ3n) is 2.25. The van der Waals surface area contributed by atoms with Crippen LogP contribution in [0.2, 0.25) is 0 Å². The maximum Gasteiger partial charge on any atom is 0.434 e. The van der Waals surface area contributed by atoms with E-state index in [1.807, 2.05) is 0 Å². The van der Waals surface area contributed by atoms with E-state index in [4.69, 9.17) is 10.8 Å². The van der Waals surface area contributed by atoms with Gasteiger partial charge in [0.2, 0.25) is 0 Å². The van der Waals surface area contributed by atoms with Crippen molar-refractivity contribution in [2.75, 3.05) is 6.61 Å². The second kappa shape index (κ2) is 4.79. The van der Waals surface area contributed by atoms with E-state index >= 15 is 0 Å². The molecule has 8 heteroatoms. The Labute approximate surface area is 90.0 Å². The van der Waals surface area contributed by atoms with Crippen molar-refractivity contribution in [3.05, 3.63) is 11.4 Å². The number of aliphatic hydroxyl groups is 1. The molecule has 0 bridgehead atoms. The highest BCUT2D eigenvalue weighted by atomic mass is 19.4. The molecule has 16 heavy (non-hydrogen) atoms. The predicted molar refractivity (Wildman–Crippen MR) is 49.3 cm³/mol. The van der Waals surface area contributed by atoms with Crippen LogP contribution < -0.4 is 5.73 Å². The second-order valence-corrected chi connectivity index (χ2v) is 3.28. The lowest BCUT2D eigenvalue weighted by molar-refractivity contribution is -0.146. The van der Waals surface area contributed by atoms with Crippen molar-refractivity contribution in [1.82, 2.24) is 15.0 Å². The van der Waals surface area contributed by atoms with E-state index in [2.05, 4.69) is 10.3 Å². The number of rotatable bonds is 4. The molecule has 1 heterocycles. The van der Waals surface area contributed by atoms with E-state index < -0.39 is 24.5 Å². The van der Waals surface area contributed by atoms with Crippen molar-refractivity contribution in [3.8, 4) is 0 Å². The summed E-state index contributed by atoms with van der Waals surface area (Å²) >= 11 is 0. The Morgan fingerprint density at radius 2 is 2.12 bits per heavy atom. The summed E-state index contributed by atoms with van der Waals surface area (Å²) in [6.07, 6.45) is -4.24. The van der Waals surface area contributed by atoms with Gasteiger partial charge in [0.15, 0.2) is 5.69 Å². The molecule has 0 saturated carbocycles. The average Bonchev–Trinajstić information content (AvgIpc) is 2.63. The first-order valence-electron chi connectivity index (χ1n) is 4.77. The first-order valence-corrected chi connectivity index (χ1v) is 4.77. The van der Waals surface area contributed by atoms with Crippen LogP contribution in [0.25, 0.3) is 0 Å². The Bertz CT molecular complexity index is 346. The van der Waals surface area contributed by atoms with Crippen LogP contribution in [0.3, 0.4) is 0 Å². The molecule has 1 aromatic rings. The van der Waals surface area contributed by atoms with Crippen LogP contribution in [0.15, 0.2) is 0 Å². The van der Waals surface area contributed by atoms with Gasteiger partial charge in [-0.2, -0.15) is 13.2 Å². The fourth-order valence-corrected chi connectivity index (χ4v) is 1.39. The molecule has 1 atom stereocenters. The van der Waals surface area contributed by atoms with Crippen LogP contribution in [0, 0.1) is 0 Å². The molecule has 0 radical (unpaired) electrons. The summed E-state index contributed by atoms with van der Waals surface area (Å²) in [6.45, 7) is 0.897. The summed E-state index contributed by atoms with van der Waals surface area (Å²) in [6, 6.07) is -0.732. The van der Waals surface area contributed by atoms with Crippen LogP contribution in [0.5, 0.6) is 0 Å². The molecule has 92 valence electrons. The Balaban J connectivity index is 3.24. The molecule has 0 saturated heterocycles. The summed E-state index contributed by atoms with van der Waals surface area (Å²) in [5.74, 6) is 0. The van der Waals surface area contributed by atoms with E-state index in [9.17, 15) is 13.2 Å². The number of nitrogens with zero attached hydrogens (tertiary/aromatic N) is 3. The minimum atomic E-state index is -4.57. The number of hydrogen-bond acceptors (Lipinski definition) is 4. The second-order valence-electron chi connectivity index (χ2n) is 3.28. The average molecular weight is 238 g/mol. The molecule has 3 N–H and O–H groups in total. The molecule has 0 fully saturated rings. The molecule has 5 nitrogen and oxygen atoms in total. The SMILES string of the molecule is CCC(CO)n1nnc(CN)c1C(F)(F)F. The van der Waals surface area contributed by atoms with Gasteiger partial charge in [0.05, 0.1) is 12.6 Å². The Morgan fingerprint density at radius 1 is 1.50 bits per heavy atom. The summed E-state index contributed by atoms with van der Waals surface area (Å²) in [5, 5.41) is 15.7. The molecule has 0 amide bonds. The molecule has 0 aromatic carbocycles. The third kappa shape index (κ3) is 2.33. The van der Waals surface area contributed by atoms with Gasteiger partial charge in [-0.25, -0.2) is 4.68 Å². The van der Waals surface area contributed by atoms with Gasteiger partial charge in [-0.05, 0) is 6.42 Å². The van der Waals surface area contributed by atoms with Crippen molar-refractivity contribution in [2.24, 2.45) is 5.73 Å². The highest BCUT2D eigenvalue weighted by molar-refractivity contribution is 5.14. The third-order valence-corrected chi connectivity index (χ3v) is 2.25. The summed E-state index contributed by atoms with van der Waals surface area (Å²) in [7, 11) is 0. The highest BCUT2D eigenvalue weighted by Crippen LogP contribution is 2.32. The van der Waals surface area contributed by atoms with Crippen molar-refractivity contribution in [2.45, 2.75) is 32.1 Å². The van der Waals surface area contributed by atoms with E-state index in [0.29, 0.717) is 11.1 Å². The number of aromatic nitrogens is 3. The van der Waals surface area contributed by atoms with Crippen molar-refractivity contribution in [3.63, 3.8) is 0 Å². The Morgan fingerprint density at radius 3 is 2.50 bits per heavy atom. The van der Waals surface area contributed by atoms with Crippen molar-refractivity contribution >= 4 is 0 Å². The van der Waals surface area contributed by atoms with E-state index in [-0.39, 0.29) is 12.2 Å². The minimum Gasteiger partial charge on any atom is -0.394 e. The lowest BCUT2D eigenvalue weighted by atomic mass is 10.2. The van der Waals surface area contributed by atoms with Crippen LogP contribution >= 0.6 is 0 Å². The van der Waals surface area contributed by atoms with Crippen LogP contribution in [-0.2, 0) is 12.7 Å². The zero-order valence-electron chi connectivity index (χ0n) is 8.70. The summed E-state index contributed by atoms with van der Waals surface area (Å²) < 4.78 is 38.9. The molecule has 0 spiro atoms. The smallest absolute Gasteiger partial charge is 0.394 e. The fraction of sp³-hybridized carbons (Fsp3) is 0.750. The van der Waals surface area contributed by atoms with Gasteiger partial charge in [-0.15, -0.1) is 5.10 Å². The number of nitrogens with two attached hydrogens (primary N) is 1. The molecular weight excluding hydrogens is 225 g/mol. The van der Waals surface area contributed by atoms with Gasteiger partial charge >= 0.3 is 6.18 Å². The molecule has 1 rings (SSSR count). The monoisotopic (exact) mass is 238 g/mol. The minimum absolute atomic E-state index is 0.306. The van der Waals surface area contributed by atoms with Crippen LogP contribution in [0.1, 0.15) is 30.8 Å². The van der Waals surface area contributed by atoms with Crippen molar-refractivity contribution < 1.29 is 18.3 Å². The molecule has 1 unspecified atom stereocenters. The van der Waals surface area contributed by atoms with Gasteiger partial charge in [-0.3, -0.25) is 0 Å². The number of alkyl halides is 3. The molecular formula is C8H13F3N4O. The number of halogens is 3. The van der Waals surface area contributed by atoms with Crippen molar-refractivity contribution in [1.29, 1.82) is 0 Å². The van der Waals surface area contributed by atoms with Crippen LogP contribution in [0.4, 0.5) is 13.2 Å².